The van der Waals surface area contributed by atoms with Gasteiger partial charge in [0.15, 0.2) is 17.4 Å². The topological polar surface area (TPSA) is 124 Å². The van der Waals surface area contributed by atoms with E-state index in [1.807, 2.05) is 53.2 Å². The minimum atomic E-state index is -1.11. The van der Waals surface area contributed by atoms with E-state index in [2.05, 4.69) is 20.3 Å². The monoisotopic (exact) mass is 490 g/mol. The van der Waals surface area contributed by atoms with Crippen LogP contribution in [0.1, 0.15) is 17.3 Å². The molecule has 2 N–H and O–H groups in total. The first-order valence-corrected chi connectivity index (χ1v) is 11.0. The Kier molecular flexibility index (Phi) is 7.72. The molecular formula is C26H23LiN6O4. The molecule has 3 heterocycles. The molecule has 0 spiro atoms. The van der Waals surface area contributed by atoms with Crippen LogP contribution in [0.3, 0.4) is 0 Å². The van der Waals surface area contributed by atoms with Crippen molar-refractivity contribution in [2.75, 3.05) is 19.5 Å². The molecule has 3 aromatic heterocycles. The van der Waals surface area contributed by atoms with Gasteiger partial charge >= 0.3 is 24.8 Å². The SMILES string of the molecule is COc1ccc(Cn2nc(-c3ncc(OC)c(Nc4ccncc4C(=O)O)n3)c3ccccc32)cc1.[H-].[Li+]. The van der Waals surface area contributed by atoms with Gasteiger partial charge in [0.05, 0.1) is 38.2 Å². The molecule has 0 aliphatic rings. The predicted molar refractivity (Wildman–Crippen MR) is 135 cm³/mol. The minimum absolute atomic E-state index is 0. The molecule has 182 valence electrons. The Labute approximate surface area is 226 Å². The number of hydrogen-bond donors (Lipinski definition) is 2. The molecule has 5 aromatic rings. The summed E-state index contributed by atoms with van der Waals surface area (Å²) in [4.78, 5) is 24.6. The van der Waals surface area contributed by atoms with Crippen molar-refractivity contribution in [3.8, 4) is 23.0 Å². The number of fused-ring (bicyclic) bond motifs is 1. The number of aromatic carboxylic acids is 1. The molecule has 0 amide bonds. The third-order valence-electron chi connectivity index (χ3n) is 5.64. The first-order valence-electron chi connectivity index (χ1n) is 11.0. The van der Waals surface area contributed by atoms with Gasteiger partial charge in [-0.15, -0.1) is 0 Å². The molecule has 2 aromatic carbocycles. The molecule has 0 saturated heterocycles. The van der Waals surface area contributed by atoms with Gasteiger partial charge in [-0.2, -0.15) is 5.10 Å². The molecule has 0 fully saturated rings. The van der Waals surface area contributed by atoms with Crippen LogP contribution in [-0.2, 0) is 6.54 Å². The second-order valence-corrected chi connectivity index (χ2v) is 7.83. The fraction of sp³-hybridized carbons (Fsp3) is 0.115. The largest absolute Gasteiger partial charge is 1.00 e. The number of nitrogens with zero attached hydrogens (tertiary/aromatic N) is 5. The molecular weight excluding hydrogens is 467 g/mol. The van der Waals surface area contributed by atoms with Crippen molar-refractivity contribution in [1.29, 1.82) is 0 Å². The Morgan fingerprint density at radius 2 is 1.84 bits per heavy atom. The number of hydrogen-bond acceptors (Lipinski definition) is 8. The van der Waals surface area contributed by atoms with Gasteiger partial charge in [-0.3, -0.25) is 9.67 Å². The number of para-hydroxylation sites is 1. The van der Waals surface area contributed by atoms with Crippen LogP contribution in [-0.4, -0.2) is 50.0 Å². The molecule has 11 heteroatoms. The summed E-state index contributed by atoms with van der Waals surface area (Å²) in [5, 5.41) is 18.3. The van der Waals surface area contributed by atoms with Gasteiger partial charge < -0.3 is 21.3 Å². The molecule has 0 bridgehead atoms. The zero-order chi connectivity index (χ0) is 25.1. The molecule has 0 aliphatic heterocycles. The third-order valence-corrected chi connectivity index (χ3v) is 5.64. The van der Waals surface area contributed by atoms with Crippen LogP contribution >= 0.6 is 0 Å². The number of methoxy groups -OCH3 is 2. The minimum Gasteiger partial charge on any atom is -1.00 e. The van der Waals surface area contributed by atoms with Crippen molar-refractivity contribution in [2.45, 2.75) is 6.54 Å². The molecule has 0 radical (unpaired) electrons. The fourth-order valence-corrected chi connectivity index (χ4v) is 3.84. The zero-order valence-corrected chi connectivity index (χ0v) is 20.5. The predicted octanol–water partition coefficient (Wildman–Crippen LogP) is 1.51. The van der Waals surface area contributed by atoms with Gasteiger partial charge in [0.25, 0.3) is 0 Å². The number of rotatable bonds is 8. The van der Waals surface area contributed by atoms with Crippen LogP contribution in [0.2, 0.25) is 0 Å². The van der Waals surface area contributed by atoms with Crippen molar-refractivity contribution < 1.29 is 39.7 Å². The average molecular weight is 490 g/mol. The average Bonchev–Trinajstić information content (AvgIpc) is 3.27. The molecule has 0 saturated carbocycles. The number of anilines is 2. The van der Waals surface area contributed by atoms with Crippen molar-refractivity contribution in [2.24, 2.45) is 0 Å². The van der Waals surface area contributed by atoms with E-state index in [-0.39, 0.29) is 25.9 Å². The maximum atomic E-state index is 11.6. The Bertz CT molecular complexity index is 1560. The van der Waals surface area contributed by atoms with Crippen LogP contribution in [0.4, 0.5) is 11.5 Å². The molecule has 37 heavy (non-hydrogen) atoms. The summed E-state index contributed by atoms with van der Waals surface area (Å²) in [7, 11) is 3.13. The molecule has 10 nitrogen and oxygen atoms in total. The zero-order valence-electron chi connectivity index (χ0n) is 21.5. The van der Waals surface area contributed by atoms with Gasteiger partial charge in [0.1, 0.15) is 17.0 Å². The number of aromatic nitrogens is 5. The quantitative estimate of drug-likeness (QED) is 0.312. The number of pyridine rings is 1. The van der Waals surface area contributed by atoms with Gasteiger partial charge in [0.2, 0.25) is 0 Å². The summed E-state index contributed by atoms with van der Waals surface area (Å²) < 4.78 is 12.6. The van der Waals surface area contributed by atoms with Crippen molar-refractivity contribution in [1.82, 2.24) is 24.7 Å². The third kappa shape index (κ3) is 5.26. The fourth-order valence-electron chi connectivity index (χ4n) is 3.84. The van der Waals surface area contributed by atoms with E-state index in [0.29, 0.717) is 35.3 Å². The number of ether oxygens (including phenoxy) is 2. The van der Waals surface area contributed by atoms with E-state index in [0.717, 1.165) is 22.2 Å². The summed E-state index contributed by atoms with van der Waals surface area (Å²) in [6.45, 7) is 0.546. The second-order valence-electron chi connectivity index (χ2n) is 7.83. The van der Waals surface area contributed by atoms with Crippen LogP contribution in [0.15, 0.2) is 73.2 Å². The number of carbonyl (C=O) groups is 1. The van der Waals surface area contributed by atoms with Gasteiger partial charge in [-0.25, -0.2) is 14.8 Å². The van der Waals surface area contributed by atoms with Gasteiger partial charge in [-0.1, -0.05) is 30.3 Å². The first-order chi connectivity index (χ1) is 17.6. The first kappa shape index (κ1) is 25.7. The van der Waals surface area contributed by atoms with E-state index in [4.69, 9.17) is 14.6 Å². The smallest absolute Gasteiger partial charge is 1.00 e. The Morgan fingerprint density at radius 1 is 1.05 bits per heavy atom. The Balaban J connectivity index is 0.00000200. The van der Waals surface area contributed by atoms with Gasteiger partial charge in [0, 0.05) is 17.8 Å². The Morgan fingerprint density at radius 3 is 2.57 bits per heavy atom. The summed E-state index contributed by atoms with van der Waals surface area (Å²) in [6, 6.07) is 17.2. The summed E-state index contributed by atoms with van der Waals surface area (Å²) in [6.07, 6.45) is 4.30. The van der Waals surface area contributed by atoms with Crippen molar-refractivity contribution >= 4 is 28.4 Å². The van der Waals surface area contributed by atoms with E-state index in [1.165, 1.54) is 25.7 Å². The van der Waals surface area contributed by atoms with Crippen LogP contribution in [0, 0.1) is 0 Å². The number of nitrogens with one attached hydrogen (secondary N) is 1. The van der Waals surface area contributed by atoms with E-state index in [1.54, 1.807) is 13.2 Å². The normalized spacial score (nSPS) is 10.5. The number of carboxylic acids is 1. The van der Waals surface area contributed by atoms with Crippen molar-refractivity contribution in [3.63, 3.8) is 0 Å². The second kappa shape index (κ2) is 11.1. The van der Waals surface area contributed by atoms with Crippen LogP contribution < -0.4 is 33.7 Å². The van der Waals surface area contributed by atoms with E-state index >= 15 is 0 Å². The number of carboxylic acid groups (broad SMARTS) is 1. The standard InChI is InChI=1S/C26H22N6O4.Li.H/c1-35-17-9-7-16(8-10-17)15-32-21-6-4-3-5-18(21)23(31-32)25-28-14-22(36-2)24(30-25)29-20-11-12-27-13-19(20)26(33)34;;/h3-14H,15H2,1-2H3,(H,33,34)(H,27,28,29,30);;/q;+1;-1. The molecule has 0 atom stereocenters. The van der Waals surface area contributed by atoms with E-state index in [9.17, 15) is 9.90 Å². The molecule has 0 aliphatic carbocycles. The number of benzene rings is 2. The van der Waals surface area contributed by atoms with E-state index < -0.39 is 5.97 Å². The summed E-state index contributed by atoms with van der Waals surface area (Å²) >= 11 is 0. The Hall–Kier alpha value is -4.39. The summed E-state index contributed by atoms with van der Waals surface area (Å²) in [5.41, 5.74) is 2.93. The molecule has 0 unspecified atom stereocenters. The maximum Gasteiger partial charge on any atom is 1.00 e. The van der Waals surface area contributed by atoms with Gasteiger partial charge in [-0.05, 0) is 29.8 Å². The van der Waals surface area contributed by atoms with Crippen molar-refractivity contribution in [3.05, 3.63) is 84.3 Å². The summed E-state index contributed by atoms with van der Waals surface area (Å²) in [5.74, 6) is 0.714. The molecule has 5 rings (SSSR count). The van der Waals surface area contributed by atoms with Crippen LogP contribution in [0.25, 0.3) is 22.4 Å². The van der Waals surface area contributed by atoms with Crippen LogP contribution in [0.5, 0.6) is 11.5 Å². The maximum absolute atomic E-state index is 11.6.